The number of thiazole rings is 1. The summed E-state index contributed by atoms with van der Waals surface area (Å²) in [5.74, 6) is 0.918. The molecule has 15 heavy (non-hydrogen) atoms. The van der Waals surface area contributed by atoms with Crippen LogP contribution in [-0.4, -0.2) is 21.3 Å². The summed E-state index contributed by atoms with van der Waals surface area (Å²) < 4.78 is 1.93. The van der Waals surface area contributed by atoms with Gasteiger partial charge in [-0.1, -0.05) is 0 Å². The maximum absolute atomic E-state index is 5.81. The van der Waals surface area contributed by atoms with Gasteiger partial charge in [-0.2, -0.15) is 5.10 Å². The highest BCUT2D eigenvalue weighted by molar-refractivity contribution is 7.09. The monoisotopic (exact) mass is 221 g/mol. The molecule has 1 unspecified atom stereocenters. The summed E-state index contributed by atoms with van der Waals surface area (Å²) in [6.45, 7) is 0.917. The quantitative estimate of drug-likeness (QED) is 0.762. The van der Waals surface area contributed by atoms with E-state index in [4.69, 9.17) is 5.73 Å². The molecule has 0 amide bonds. The molecule has 3 heterocycles. The summed E-state index contributed by atoms with van der Waals surface area (Å²) in [5.41, 5.74) is 6.52. The molecule has 0 spiro atoms. The fourth-order valence-electron chi connectivity index (χ4n) is 1.87. The van der Waals surface area contributed by atoms with Crippen LogP contribution in [-0.2, 0) is 0 Å². The molecule has 0 radical (unpaired) electrons. The molecule has 0 fully saturated rings. The van der Waals surface area contributed by atoms with Crippen LogP contribution in [0.5, 0.6) is 0 Å². The van der Waals surface area contributed by atoms with E-state index in [1.807, 2.05) is 16.3 Å². The molecule has 0 bridgehead atoms. The van der Waals surface area contributed by atoms with Crippen molar-refractivity contribution in [3.63, 3.8) is 0 Å². The first-order valence-electron chi connectivity index (χ1n) is 4.82. The molecule has 78 valence electrons. The number of nitrogens with zero attached hydrogens (tertiary/aromatic N) is 3. The Morgan fingerprint density at radius 2 is 2.53 bits per heavy atom. The van der Waals surface area contributed by atoms with Crippen LogP contribution < -0.4 is 11.1 Å². The summed E-state index contributed by atoms with van der Waals surface area (Å²) in [4.78, 5) is 4.34. The van der Waals surface area contributed by atoms with Crippen molar-refractivity contribution in [3.05, 3.63) is 22.8 Å². The van der Waals surface area contributed by atoms with Crippen molar-refractivity contribution in [3.8, 4) is 0 Å². The van der Waals surface area contributed by atoms with Gasteiger partial charge in [0.25, 0.3) is 0 Å². The Bertz CT molecular complexity index is 461. The van der Waals surface area contributed by atoms with Gasteiger partial charge in [-0.25, -0.2) is 9.67 Å². The minimum absolute atomic E-state index is 0.235. The SMILES string of the molecule is Nc1cnn2c1NCCC2c1nccs1. The Labute approximate surface area is 90.9 Å². The zero-order valence-electron chi connectivity index (χ0n) is 8.05. The molecule has 0 aromatic carbocycles. The second-order valence-corrected chi connectivity index (χ2v) is 4.42. The number of anilines is 2. The Morgan fingerprint density at radius 1 is 1.60 bits per heavy atom. The number of aromatic nitrogens is 3. The lowest BCUT2D eigenvalue weighted by Gasteiger charge is -2.24. The zero-order valence-corrected chi connectivity index (χ0v) is 8.87. The number of fused-ring (bicyclic) bond motifs is 1. The second-order valence-electron chi connectivity index (χ2n) is 3.49. The average Bonchev–Trinajstić information content (AvgIpc) is 2.88. The van der Waals surface area contributed by atoms with Crippen LogP contribution in [0.25, 0.3) is 0 Å². The summed E-state index contributed by atoms with van der Waals surface area (Å²) in [5, 5.41) is 10.6. The van der Waals surface area contributed by atoms with Gasteiger partial charge in [0.1, 0.15) is 16.9 Å². The molecular formula is C9H11N5S. The van der Waals surface area contributed by atoms with E-state index in [-0.39, 0.29) is 6.04 Å². The van der Waals surface area contributed by atoms with Gasteiger partial charge in [-0.15, -0.1) is 11.3 Å². The first-order chi connectivity index (χ1) is 7.36. The van der Waals surface area contributed by atoms with Gasteiger partial charge in [-0.3, -0.25) is 0 Å². The molecule has 1 aliphatic heterocycles. The number of nitrogen functional groups attached to an aromatic ring is 1. The minimum atomic E-state index is 0.235. The third kappa shape index (κ3) is 1.29. The molecule has 1 aliphatic rings. The van der Waals surface area contributed by atoms with Crippen LogP contribution in [0.4, 0.5) is 11.5 Å². The smallest absolute Gasteiger partial charge is 0.148 e. The van der Waals surface area contributed by atoms with Gasteiger partial charge < -0.3 is 11.1 Å². The maximum Gasteiger partial charge on any atom is 0.148 e. The highest BCUT2D eigenvalue weighted by Gasteiger charge is 2.25. The van der Waals surface area contributed by atoms with Crippen molar-refractivity contribution in [2.45, 2.75) is 12.5 Å². The summed E-state index contributed by atoms with van der Waals surface area (Å²) in [7, 11) is 0. The highest BCUT2D eigenvalue weighted by Crippen LogP contribution is 2.32. The first-order valence-corrected chi connectivity index (χ1v) is 5.70. The van der Waals surface area contributed by atoms with E-state index in [9.17, 15) is 0 Å². The van der Waals surface area contributed by atoms with Crippen molar-refractivity contribution >= 4 is 22.8 Å². The lowest BCUT2D eigenvalue weighted by Crippen LogP contribution is -2.24. The normalized spacial score (nSPS) is 19.6. The van der Waals surface area contributed by atoms with Crippen molar-refractivity contribution in [2.24, 2.45) is 0 Å². The van der Waals surface area contributed by atoms with Crippen LogP contribution in [0.1, 0.15) is 17.5 Å². The third-order valence-electron chi connectivity index (χ3n) is 2.57. The summed E-state index contributed by atoms with van der Waals surface area (Å²) in [6, 6.07) is 0.235. The fraction of sp³-hybridized carbons (Fsp3) is 0.333. The molecule has 3 rings (SSSR count). The molecule has 0 saturated heterocycles. The number of hydrogen-bond donors (Lipinski definition) is 2. The lowest BCUT2D eigenvalue weighted by atomic mass is 10.2. The second kappa shape index (κ2) is 3.23. The molecule has 0 aliphatic carbocycles. The average molecular weight is 221 g/mol. The van der Waals surface area contributed by atoms with E-state index < -0.39 is 0 Å². The van der Waals surface area contributed by atoms with Crippen molar-refractivity contribution < 1.29 is 0 Å². The predicted molar refractivity (Wildman–Crippen MR) is 60.0 cm³/mol. The van der Waals surface area contributed by atoms with Crippen molar-refractivity contribution in [2.75, 3.05) is 17.6 Å². The number of nitrogens with two attached hydrogens (primary N) is 1. The van der Waals surface area contributed by atoms with Gasteiger partial charge >= 0.3 is 0 Å². The predicted octanol–water partition coefficient (Wildman–Crippen LogP) is 1.33. The number of hydrogen-bond acceptors (Lipinski definition) is 5. The Hall–Kier alpha value is -1.56. The van der Waals surface area contributed by atoms with Crippen molar-refractivity contribution in [1.82, 2.24) is 14.8 Å². The van der Waals surface area contributed by atoms with E-state index >= 15 is 0 Å². The van der Waals surface area contributed by atoms with Crippen LogP contribution in [0.3, 0.4) is 0 Å². The van der Waals surface area contributed by atoms with Gasteiger partial charge in [0, 0.05) is 18.1 Å². The lowest BCUT2D eigenvalue weighted by molar-refractivity contribution is 0.480. The fourth-order valence-corrected chi connectivity index (χ4v) is 2.63. The third-order valence-corrected chi connectivity index (χ3v) is 3.44. The first kappa shape index (κ1) is 8.72. The Morgan fingerprint density at radius 3 is 3.33 bits per heavy atom. The molecule has 2 aromatic rings. The van der Waals surface area contributed by atoms with E-state index in [1.165, 1.54) is 0 Å². The topological polar surface area (TPSA) is 68.8 Å². The maximum atomic E-state index is 5.81. The summed E-state index contributed by atoms with van der Waals surface area (Å²) in [6.07, 6.45) is 4.52. The zero-order chi connectivity index (χ0) is 10.3. The van der Waals surface area contributed by atoms with Crippen LogP contribution in [0.15, 0.2) is 17.8 Å². The number of nitrogens with one attached hydrogen (secondary N) is 1. The van der Waals surface area contributed by atoms with Crippen LogP contribution in [0.2, 0.25) is 0 Å². The van der Waals surface area contributed by atoms with E-state index in [0.29, 0.717) is 5.69 Å². The molecule has 3 N–H and O–H groups in total. The standard InChI is InChI=1S/C9H11N5S/c10-6-5-13-14-7(1-2-11-8(6)14)9-12-3-4-15-9/h3-5,7,11H,1-2,10H2. The molecule has 6 heteroatoms. The Kier molecular flexibility index (Phi) is 1.88. The summed E-state index contributed by atoms with van der Waals surface area (Å²) >= 11 is 1.66. The molecule has 0 saturated carbocycles. The van der Waals surface area contributed by atoms with Gasteiger partial charge in [-0.05, 0) is 6.42 Å². The largest absolute Gasteiger partial charge is 0.394 e. The minimum Gasteiger partial charge on any atom is -0.394 e. The van der Waals surface area contributed by atoms with Gasteiger partial charge in [0.2, 0.25) is 0 Å². The van der Waals surface area contributed by atoms with E-state index in [0.717, 1.165) is 23.8 Å². The van der Waals surface area contributed by atoms with E-state index in [2.05, 4.69) is 15.4 Å². The molecule has 5 nitrogen and oxygen atoms in total. The van der Waals surface area contributed by atoms with Crippen LogP contribution in [0, 0.1) is 0 Å². The highest BCUT2D eigenvalue weighted by atomic mass is 32.1. The molecule has 1 atom stereocenters. The van der Waals surface area contributed by atoms with E-state index in [1.54, 1.807) is 17.5 Å². The van der Waals surface area contributed by atoms with Crippen molar-refractivity contribution in [1.29, 1.82) is 0 Å². The van der Waals surface area contributed by atoms with Gasteiger partial charge in [0.15, 0.2) is 0 Å². The Balaban J connectivity index is 2.07. The van der Waals surface area contributed by atoms with Gasteiger partial charge in [0.05, 0.1) is 11.9 Å². The van der Waals surface area contributed by atoms with Crippen LogP contribution >= 0.6 is 11.3 Å². The molecular weight excluding hydrogens is 210 g/mol. The number of rotatable bonds is 1. The molecule has 2 aromatic heterocycles.